The maximum absolute atomic E-state index is 12.8. The van der Waals surface area contributed by atoms with Crippen LogP contribution in [0.15, 0.2) is 18.2 Å². The number of rotatable bonds is 3. The number of hydrogen-bond acceptors (Lipinski definition) is 3. The summed E-state index contributed by atoms with van der Waals surface area (Å²) in [6.45, 7) is -0.236. The molecule has 0 fully saturated rings. The van der Waals surface area contributed by atoms with Gasteiger partial charge in [-0.05, 0) is 18.2 Å². The third kappa shape index (κ3) is 2.17. The first-order chi connectivity index (χ1) is 6.19. The minimum Gasteiger partial charge on any atom is -0.496 e. The summed E-state index contributed by atoms with van der Waals surface area (Å²) in [6.07, 6.45) is 0. The van der Waals surface area contributed by atoms with Gasteiger partial charge in [0.25, 0.3) is 0 Å². The molecule has 4 heteroatoms. The van der Waals surface area contributed by atoms with Gasteiger partial charge in [-0.3, -0.25) is 0 Å². The SMILES string of the molecule is COc1ccc(F)cc1[C@H](N)CO. The van der Waals surface area contributed by atoms with Gasteiger partial charge in [0.2, 0.25) is 0 Å². The van der Waals surface area contributed by atoms with Crippen LogP contribution in [0.3, 0.4) is 0 Å². The lowest BCUT2D eigenvalue weighted by Crippen LogP contribution is -2.15. The summed E-state index contributed by atoms with van der Waals surface area (Å²) in [5.41, 5.74) is 6.02. The zero-order valence-electron chi connectivity index (χ0n) is 7.33. The van der Waals surface area contributed by atoms with E-state index < -0.39 is 6.04 Å². The van der Waals surface area contributed by atoms with Crippen LogP contribution in [0.2, 0.25) is 0 Å². The lowest BCUT2D eigenvalue weighted by atomic mass is 10.1. The fourth-order valence-electron chi connectivity index (χ4n) is 1.09. The van der Waals surface area contributed by atoms with E-state index in [1.807, 2.05) is 0 Å². The molecule has 0 aromatic heterocycles. The predicted octanol–water partition coefficient (Wildman–Crippen LogP) is 0.826. The second-order valence-electron chi connectivity index (χ2n) is 2.68. The molecule has 0 amide bonds. The van der Waals surface area contributed by atoms with Crippen molar-refractivity contribution in [1.82, 2.24) is 0 Å². The average molecular weight is 185 g/mol. The van der Waals surface area contributed by atoms with Crippen molar-refractivity contribution in [3.63, 3.8) is 0 Å². The van der Waals surface area contributed by atoms with E-state index in [4.69, 9.17) is 15.6 Å². The maximum Gasteiger partial charge on any atom is 0.123 e. The molecule has 13 heavy (non-hydrogen) atoms. The normalized spacial score (nSPS) is 12.6. The first-order valence-electron chi connectivity index (χ1n) is 3.89. The molecule has 1 aromatic rings. The summed E-state index contributed by atoms with van der Waals surface area (Å²) in [6, 6.07) is 3.43. The van der Waals surface area contributed by atoms with Gasteiger partial charge in [0.1, 0.15) is 11.6 Å². The van der Waals surface area contributed by atoms with Crippen LogP contribution in [0.1, 0.15) is 11.6 Å². The van der Waals surface area contributed by atoms with Crippen molar-refractivity contribution in [3.8, 4) is 5.75 Å². The number of ether oxygens (including phenoxy) is 1. The third-order valence-corrected chi connectivity index (χ3v) is 1.79. The first kappa shape index (κ1) is 9.95. The molecular formula is C9H12FNO2. The highest BCUT2D eigenvalue weighted by atomic mass is 19.1. The summed E-state index contributed by atoms with van der Waals surface area (Å²) in [7, 11) is 1.47. The lowest BCUT2D eigenvalue weighted by Gasteiger charge is -2.12. The molecule has 0 bridgehead atoms. The van der Waals surface area contributed by atoms with Crippen LogP contribution >= 0.6 is 0 Å². The van der Waals surface area contributed by atoms with Crippen LogP contribution in [-0.2, 0) is 0 Å². The molecule has 0 unspecified atom stereocenters. The van der Waals surface area contributed by atoms with Crippen molar-refractivity contribution < 1.29 is 14.2 Å². The van der Waals surface area contributed by atoms with Crippen molar-refractivity contribution in [3.05, 3.63) is 29.6 Å². The first-order valence-corrected chi connectivity index (χ1v) is 3.89. The molecule has 0 aliphatic rings. The van der Waals surface area contributed by atoms with Crippen molar-refractivity contribution in [1.29, 1.82) is 0 Å². The summed E-state index contributed by atoms with van der Waals surface area (Å²) in [5, 5.41) is 8.80. The fourth-order valence-corrected chi connectivity index (χ4v) is 1.09. The highest BCUT2D eigenvalue weighted by Gasteiger charge is 2.11. The van der Waals surface area contributed by atoms with E-state index in [1.165, 1.54) is 25.3 Å². The largest absolute Gasteiger partial charge is 0.496 e. The van der Waals surface area contributed by atoms with Crippen LogP contribution < -0.4 is 10.5 Å². The Morgan fingerprint density at radius 2 is 2.31 bits per heavy atom. The second-order valence-corrected chi connectivity index (χ2v) is 2.68. The molecule has 0 aliphatic carbocycles. The Morgan fingerprint density at radius 1 is 1.62 bits per heavy atom. The smallest absolute Gasteiger partial charge is 0.123 e. The van der Waals surface area contributed by atoms with Gasteiger partial charge in [0.05, 0.1) is 19.8 Å². The van der Waals surface area contributed by atoms with Gasteiger partial charge >= 0.3 is 0 Å². The number of halogens is 1. The zero-order chi connectivity index (χ0) is 9.84. The van der Waals surface area contributed by atoms with Gasteiger partial charge in [0.15, 0.2) is 0 Å². The second kappa shape index (κ2) is 4.20. The number of nitrogens with two attached hydrogens (primary N) is 1. The molecule has 0 heterocycles. The number of aliphatic hydroxyl groups is 1. The molecule has 1 rings (SSSR count). The quantitative estimate of drug-likeness (QED) is 0.733. The number of aliphatic hydroxyl groups excluding tert-OH is 1. The monoisotopic (exact) mass is 185 g/mol. The van der Waals surface area contributed by atoms with Crippen LogP contribution in [0.5, 0.6) is 5.75 Å². The summed E-state index contributed by atoms with van der Waals surface area (Å²) in [5.74, 6) is 0.0997. The van der Waals surface area contributed by atoms with E-state index in [1.54, 1.807) is 0 Å². The Bertz CT molecular complexity index is 291. The van der Waals surface area contributed by atoms with E-state index in [0.29, 0.717) is 11.3 Å². The van der Waals surface area contributed by atoms with E-state index in [9.17, 15) is 4.39 Å². The molecule has 3 nitrogen and oxygen atoms in total. The minimum atomic E-state index is -0.606. The highest BCUT2D eigenvalue weighted by Crippen LogP contribution is 2.24. The predicted molar refractivity (Wildman–Crippen MR) is 47.0 cm³/mol. The van der Waals surface area contributed by atoms with E-state index in [-0.39, 0.29) is 12.4 Å². The zero-order valence-corrected chi connectivity index (χ0v) is 7.33. The molecule has 3 N–H and O–H groups in total. The Labute approximate surface area is 75.9 Å². The Morgan fingerprint density at radius 3 is 2.85 bits per heavy atom. The van der Waals surface area contributed by atoms with E-state index >= 15 is 0 Å². The van der Waals surface area contributed by atoms with Gasteiger partial charge in [-0.1, -0.05) is 0 Å². The Balaban J connectivity index is 3.07. The molecule has 0 saturated carbocycles. The third-order valence-electron chi connectivity index (χ3n) is 1.79. The molecule has 0 saturated heterocycles. The average Bonchev–Trinajstić information content (AvgIpc) is 2.16. The Kier molecular flexibility index (Phi) is 3.22. The summed E-state index contributed by atoms with van der Waals surface area (Å²) in [4.78, 5) is 0. The molecule has 1 atom stereocenters. The van der Waals surface area contributed by atoms with Crippen LogP contribution in [0.25, 0.3) is 0 Å². The van der Waals surface area contributed by atoms with Gasteiger partial charge in [-0.25, -0.2) is 4.39 Å². The lowest BCUT2D eigenvalue weighted by molar-refractivity contribution is 0.264. The van der Waals surface area contributed by atoms with Crippen molar-refractivity contribution >= 4 is 0 Å². The van der Waals surface area contributed by atoms with E-state index in [0.717, 1.165) is 0 Å². The number of benzene rings is 1. The number of hydrogen-bond donors (Lipinski definition) is 2. The Hall–Kier alpha value is -1.13. The van der Waals surface area contributed by atoms with Crippen molar-refractivity contribution in [2.24, 2.45) is 5.73 Å². The minimum absolute atomic E-state index is 0.236. The standard InChI is InChI=1S/C9H12FNO2/c1-13-9-3-2-6(10)4-7(9)8(11)5-12/h2-4,8,12H,5,11H2,1H3/t8-/m1/s1. The van der Waals surface area contributed by atoms with Crippen LogP contribution in [0.4, 0.5) is 4.39 Å². The highest BCUT2D eigenvalue weighted by molar-refractivity contribution is 5.36. The van der Waals surface area contributed by atoms with E-state index in [2.05, 4.69) is 0 Å². The summed E-state index contributed by atoms with van der Waals surface area (Å²) >= 11 is 0. The van der Waals surface area contributed by atoms with Gasteiger partial charge < -0.3 is 15.6 Å². The number of methoxy groups -OCH3 is 1. The van der Waals surface area contributed by atoms with Crippen LogP contribution in [-0.4, -0.2) is 18.8 Å². The molecule has 1 aromatic carbocycles. The van der Waals surface area contributed by atoms with Crippen LogP contribution in [0, 0.1) is 5.82 Å². The van der Waals surface area contributed by atoms with Crippen molar-refractivity contribution in [2.75, 3.05) is 13.7 Å². The van der Waals surface area contributed by atoms with Gasteiger partial charge in [0, 0.05) is 5.56 Å². The van der Waals surface area contributed by atoms with Crippen molar-refractivity contribution in [2.45, 2.75) is 6.04 Å². The topological polar surface area (TPSA) is 55.5 Å². The molecule has 0 spiro atoms. The molecule has 0 radical (unpaired) electrons. The fraction of sp³-hybridized carbons (Fsp3) is 0.333. The summed E-state index contributed by atoms with van der Waals surface area (Å²) < 4.78 is 17.8. The molecular weight excluding hydrogens is 173 g/mol. The molecule has 72 valence electrons. The van der Waals surface area contributed by atoms with Gasteiger partial charge in [-0.15, -0.1) is 0 Å². The van der Waals surface area contributed by atoms with Gasteiger partial charge in [-0.2, -0.15) is 0 Å². The molecule has 0 aliphatic heterocycles. The maximum atomic E-state index is 12.8.